The van der Waals surface area contributed by atoms with Crippen molar-refractivity contribution in [3.05, 3.63) is 45.5 Å². The van der Waals surface area contributed by atoms with Gasteiger partial charge in [-0.3, -0.25) is 9.59 Å². The van der Waals surface area contributed by atoms with Crippen LogP contribution in [0.4, 0.5) is 0 Å². The number of aryl methyl sites for hydroxylation is 1. The molecule has 29 heavy (non-hydrogen) atoms. The van der Waals surface area contributed by atoms with Crippen LogP contribution in [0.15, 0.2) is 18.2 Å². The number of hydrogen-bond donors (Lipinski definition) is 1. The van der Waals surface area contributed by atoms with Gasteiger partial charge in [0, 0.05) is 25.1 Å². The monoisotopic (exact) mass is 435 g/mol. The summed E-state index contributed by atoms with van der Waals surface area (Å²) in [5.74, 6) is 1.42. The van der Waals surface area contributed by atoms with E-state index >= 15 is 0 Å². The van der Waals surface area contributed by atoms with Gasteiger partial charge < -0.3 is 14.8 Å². The first-order valence-corrected chi connectivity index (χ1v) is 10.7. The Balaban J connectivity index is 1.42. The molecule has 2 amide bonds. The zero-order chi connectivity index (χ0) is 20.4. The van der Waals surface area contributed by atoms with Crippen LogP contribution >= 0.6 is 23.2 Å². The SMILES string of the molecule is O=C(NCC(=O)N1CCCC1c1nnc2n1CCCCC2)c1ccc(Cl)c(Cl)c1. The fourth-order valence-corrected chi connectivity index (χ4v) is 4.38. The predicted molar refractivity (Wildman–Crippen MR) is 110 cm³/mol. The second-order valence-electron chi connectivity index (χ2n) is 7.49. The number of aromatic nitrogens is 3. The van der Waals surface area contributed by atoms with Crippen LogP contribution in [0.3, 0.4) is 0 Å². The molecule has 0 saturated carbocycles. The van der Waals surface area contributed by atoms with Crippen molar-refractivity contribution in [2.24, 2.45) is 0 Å². The van der Waals surface area contributed by atoms with Gasteiger partial charge in [0.1, 0.15) is 5.82 Å². The molecule has 0 aliphatic carbocycles. The molecule has 1 aromatic carbocycles. The second-order valence-corrected chi connectivity index (χ2v) is 8.31. The van der Waals surface area contributed by atoms with E-state index in [0.717, 1.165) is 50.3 Å². The lowest BCUT2D eigenvalue weighted by Crippen LogP contribution is -2.40. The Morgan fingerprint density at radius 1 is 1.07 bits per heavy atom. The van der Waals surface area contributed by atoms with E-state index in [1.807, 2.05) is 4.90 Å². The number of carbonyl (C=O) groups is 2. The Kier molecular flexibility index (Phi) is 6.06. The average molecular weight is 436 g/mol. The van der Waals surface area contributed by atoms with E-state index in [2.05, 4.69) is 20.1 Å². The first kappa shape index (κ1) is 20.2. The average Bonchev–Trinajstić information content (AvgIpc) is 3.28. The third-order valence-electron chi connectivity index (χ3n) is 5.59. The molecule has 4 rings (SSSR count). The highest BCUT2D eigenvalue weighted by atomic mass is 35.5. The van der Waals surface area contributed by atoms with Crippen molar-refractivity contribution in [1.82, 2.24) is 25.0 Å². The third-order valence-corrected chi connectivity index (χ3v) is 6.33. The van der Waals surface area contributed by atoms with Crippen molar-refractivity contribution in [3.8, 4) is 0 Å². The highest BCUT2D eigenvalue weighted by Gasteiger charge is 2.34. The van der Waals surface area contributed by atoms with Gasteiger partial charge >= 0.3 is 0 Å². The molecule has 1 N–H and O–H groups in total. The first-order chi connectivity index (χ1) is 14.0. The Bertz CT molecular complexity index is 930. The number of rotatable bonds is 4. The summed E-state index contributed by atoms with van der Waals surface area (Å²) in [6.45, 7) is 1.50. The van der Waals surface area contributed by atoms with Gasteiger partial charge in [-0.05, 0) is 43.9 Å². The van der Waals surface area contributed by atoms with Crippen LogP contribution in [-0.4, -0.2) is 44.6 Å². The Morgan fingerprint density at radius 3 is 2.76 bits per heavy atom. The van der Waals surface area contributed by atoms with Crippen LogP contribution in [0.2, 0.25) is 10.0 Å². The van der Waals surface area contributed by atoms with E-state index in [-0.39, 0.29) is 24.4 Å². The van der Waals surface area contributed by atoms with Gasteiger partial charge in [-0.1, -0.05) is 29.6 Å². The molecule has 2 aromatic rings. The highest BCUT2D eigenvalue weighted by molar-refractivity contribution is 6.42. The maximum absolute atomic E-state index is 12.9. The molecular weight excluding hydrogens is 413 g/mol. The molecular formula is C20H23Cl2N5O2. The van der Waals surface area contributed by atoms with Crippen LogP contribution in [0.25, 0.3) is 0 Å². The van der Waals surface area contributed by atoms with Gasteiger partial charge in [0.2, 0.25) is 5.91 Å². The summed E-state index contributed by atoms with van der Waals surface area (Å²) < 4.78 is 2.19. The van der Waals surface area contributed by atoms with Crippen molar-refractivity contribution in [2.75, 3.05) is 13.1 Å². The molecule has 1 fully saturated rings. The zero-order valence-corrected chi connectivity index (χ0v) is 17.5. The molecule has 0 radical (unpaired) electrons. The molecule has 2 aliphatic rings. The summed E-state index contributed by atoms with van der Waals surface area (Å²) in [4.78, 5) is 27.0. The molecule has 2 aliphatic heterocycles. The summed E-state index contributed by atoms with van der Waals surface area (Å²) in [6, 6.07) is 4.56. The number of nitrogens with one attached hydrogen (secondary N) is 1. The molecule has 9 heteroatoms. The maximum atomic E-state index is 12.9. The van der Waals surface area contributed by atoms with E-state index in [1.165, 1.54) is 12.5 Å². The van der Waals surface area contributed by atoms with Crippen LogP contribution in [0.5, 0.6) is 0 Å². The van der Waals surface area contributed by atoms with Crippen LogP contribution in [-0.2, 0) is 17.8 Å². The largest absolute Gasteiger partial charge is 0.343 e. The van der Waals surface area contributed by atoms with Crippen molar-refractivity contribution >= 4 is 35.0 Å². The Hall–Kier alpha value is -2.12. The minimum Gasteiger partial charge on any atom is -0.343 e. The quantitative estimate of drug-likeness (QED) is 0.797. The van der Waals surface area contributed by atoms with Crippen LogP contribution in [0, 0.1) is 0 Å². The molecule has 1 saturated heterocycles. The minimum atomic E-state index is -0.357. The topological polar surface area (TPSA) is 80.1 Å². The predicted octanol–water partition coefficient (Wildman–Crippen LogP) is 3.40. The molecule has 154 valence electrons. The molecule has 7 nitrogen and oxygen atoms in total. The van der Waals surface area contributed by atoms with Gasteiger partial charge in [-0.25, -0.2) is 0 Å². The third kappa shape index (κ3) is 4.26. The van der Waals surface area contributed by atoms with Crippen molar-refractivity contribution < 1.29 is 9.59 Å². The summed E-state index contributed by atoms with van der Waals surface area (Å²) >= 11 is 11.9. The van der Waals surface area contributed by atoms with Gasteiger partial charge in [0.05, 0.1) is 22.6 Å². The van der Waals surface area contributed by atoms with Crippen molar-refractivity contribution in [2.45, 2.75) is 51.1 Å². The van der Waals surface area contributed by atoms with E-state index in [0.29, 0.717) is 22.2 Å². The normalized spacial score (nSPS) is 19.0. The number of carbonyl (C=O) groups excluding carboxylic acids is 2. The van der Waals surface area contributed by atoms with E-state index < -0.39 is 0 Å². The number of nitrogens with zero attached hydrogens (tertiary/aromatic N) is 4. The fraction of sp³-hybridized carbons (Fsp3) is 0.500. The molecule has 1 unspecified atom stereocenters. The van der Waals surface area contributed by atoms with Gasteiger partial charge in [0.15, 0.2) is 5.82 Å². The Labute approximate surface area is 179 Å². The second kappa shape index (κ2) is 8.71. The van der Waals surface area contributed by atoms with Crippen molar-refractivity contribution in [1.29, 1.82) is 0 Å². The first-order valence-electron chi connectivity index (χ1n) is 9.99. The number of hydrogen-bond acceptors (Lipinski definition) is 4. The fourth-order valence-electron chi connectivity index (χ4n) is 4.08. The molecule has 0 bridgehead atoms. The minimum absolute atomic E-state index is 0.0728. The van der Waals surface area contributed by atoms with Crippen LogP contribution < -0.4 is 5.32 Å². The number of amides is 2. The lowest BCUT2D eigenvalue weighted by Gasteiger charge is -2.25. The lowest BCUT2D eigenvalue weighted by molar-refractivity contribution is -0.131. The number of benzene rings is 1. The highest BCUT2D eigenvalue weighted by Crippen LogP contribution is 2.32. The summed E-state index contributed by atoms with van der Waals surface area (Å²) in [6.07, 6.45) is 6.15. The standard InChI is InChI=1S/C20H23Cl2N5O2/c21-14-8-7-13(11-15(14)22)20(29)23-12-18(28)26-10-4-5-16(26)19-25-24-17-6-2-1-3-9-27(17)19/h7-8,11,16H,1-6,9-10,12H2,(H,23,29). The zero-order valence-electron chi connectivity index (χ0n) is 16.0. The smallest absolute Gasteiger partial charge is 0.251 e. The maximum Gasteiger partial charge on any atom is 0.251 e. The van der Waals surface area contributed by atoms with Crippen molar-refractivity contribution in [3.63, 3.8) is 0 Å². The molecule has 3 heterocycles. The number of fused-ring (bicyclic) bond motifs is 1. The van der Waals surface area contributed by atoms with Gasteiger partial charge in [-0.2, -0.15) is 0 Å². The molecule has 0 spiro atoms. The van der Waals surface area contributed by atoms with Gasteiger partial charge in [0.25, 0.3) is 5.91 Å². The van der Waals surface area contributed by atoms with Gasteiger partial charge in [-0.15, -0.1) is 10.2 Å². The summed E-state index contributed by atoms with van der Waals surface area (Å²) in [5, 5.41) is 12.2. The Morgan fingerprint density at radius 2 is 1.93 bits per heavy atom. The summed E-state index contributed by atoms with van der Waals surface area (Å²) in [5.41, 5.74) is 0.368. The van der Waals surface area contributed by atoms with E-state index in [9.17, 15) is 9.59 Å². The van der Waals surface area contributed by atoms with Crippen LogP contribution in [0.1, 0.15) is 60.2 Å². The van der Waals surface area contributed by atoms with E-state index in [4.69, 9.17) is 23.2 Å². The lowest BCUT2D eigenvalue weighted by atomic mass is 10.2. The molecule has 1 atom stereocenters. The summed E-state index contributed by atoms with van der Waals surface area (Å²) in [7, 11) is 0. The number of halogens is 2. The van der Waals surface area contributed by atoms with E-state index in [1.54, 1.807) is 12.1 Å². The molecule has 1 aromatic heterocycles. The number of likely N-dealkylation sites (tertiary alicyclic amines) is 1.